The van der Waals surface area contributed by atoms with E-state index in [1.807, 2.05) is 4.90 Å². The Kier molecular flexibility index (Phi) is 5.74. The zero-order valence-corrected chi connectivity index (χ0v) is 14.7. The van der Waals surface area contributed by atoms with Crippen LogP contribution in [-0.2, 0) is 14.3 Å². The fourth-order valence-corrected chi connectivity index (χ4v) is 3.45. The molecule has 2 atom stereocenters. The van der Waals surface area contributed by atoms with Crippen LogP contribution in [0.2, 0.25) is 0 Å². The standard InChI is InChI=1S/C19H28N2O3/c1-15-5-7-17(8-6-15)20-9-10-21(16(2)12-20)19(22)14-23-13-18-4-3-11-24-18/h5-8,16,18H,3-4,9-14H2,1-2H3/t16-,18-/m0/s1. The second-order valence-corrected chi connectivity index (χ2v) is 6.87. The number of benzene rings is 1. The van der Waals surface area contributed by atoms with Crippen LogP contribution in [0, 0.1) is 6.92 Å². The Labute approximate surface area is 144 Å². The minimum Gasteiger partial charge on any atom is -0.376 e. The Morgan fingerprint density at radius 3 is 2.75 bits per heavy atom. The minimum atomic E-state index is 0.0871. The Bertz CT molecular complexity index is 540. The zero-order valence-electron chi connectivity index (χ0n) is 14.7. The Hall–Kier alpha value is -1.59. The summed E-state index contributed by atoms with van der Waals surface area (Å²) in [5, 5.41) is 0. The highest BCUT2D eigenvalue weighted by Crippen LogP contribution is 2.20. The van der Waals surface area contributed by atoms with Gasteiger partial charge in [0.2, 0.25) is 5.91 Å². The van der Waals surface area contributed by atoms with Gasteiger partial charge in [-0.25, -0.2) is 0 Å². The molecule has 3 rings (SSSR count). The number of rotatable bonds is 5. The summed E-state index contributed by atoms with van der Waals surface area (Å²) in [6, 6.07) is 8.78. The van der Waals surface area contributed by atoms with Gasteiger partial charge in [0.05, 0.1) is 12.7 Å². The number of hydrogen-bond acceptors (Lipinski definition) is 4. The van der Waals surface area contributed by atoms with Crippen LogP contribution in [0.1, 0.15) is 25.3 Å². The van der Waals surface area contributed by atoms with E-state index in [4.69, 9.17) is 9.47 Å². The van der Waals surface area contributed by atoms with Crippen LogP contribution in [0.5, 0.6) is 0 Å². The smallest absolute Gasteiger partial charge is 0.248 e. The van der Waals surface area contributed by atoms with Crippen molar-refractivity contribution in [2.24, 2.45) is 0 Å². The van der Waals surface area contributed by atoms with Crippen molar-refractivity contribution in [3.8, 4) is 0 Å². The number of nitrogens with zero attached hydrogens (tertiary/aromatic N) is 2. The van der Waals surface area contributed by atoms with E-state index < -0.39 is 0 Å². The summed E-state index contributed by atoms with van der Waals surface area (Å²) in [4.78, 5) is 16.7. The third-order valence-electron chi connectivity index (χ3n) is 4.90. The number of carbonyl (C=O) groups is 1. The molecule has 0 radical (unpaired) electrons. The molecule has 2 heterocycles. The summed E-state index contributed by atoms with van der Waals surface area (Å²) in [5.41, 5.74) is 2.50. The lowest BCUT2D eigenvalue weighted by Gasteiger charge is -2.41. The normalized spacial score (nSPS) is 24.4. The van der Waals surface area contributed by atoms with Gasteiger partial charge in [-0.15, -0.1) is 0 Å². The van der Waals surface area contributed by atoms with E-state index in [2.05, 4.69) is 43.0 Å². The molecule has 2 aliphatic heterocycles. The van der Waals surface area contributed by atoms with Crippen LogP contribution in [0.4, 0.5) is 5.69 Å². The first-order chi connectivity index (χ1) is 11.6. The summed E-state index contributed by atoms with van der Waals surface area (Å²) in [5.74, 6) is 0.0871. The monoisotopic (exact) mass is 332 g/mol. The molecule has 0 unspecified atom stereocenters. The molecule has 1 aromatic carbocycles. The maximum absolute atomic E-state index is 12.4. The van der Waals surface area contributed by atoms with E-state index in [0.717, 1.165) is 39.1 Å². The number of anilines is 1. The molecule has 1 aromatic rings. The summed E-state index contributed by atoms with van der Waals surface area (Å²) < 4.78 is 11.1. The third-order valence-corrected chi connectivity index (χ3v) is 4.90. The fourth-order valence-electron chi connectivity index (χ4n) is 3.45. The van der Waals surface area contributed by atoms with Gasteiger partial charge in [-0.05, 0) is 38.8 Å². The second-order valence-electron chi connectivity index (χ2n) is 6.87. The molecule has 0 aromatic heterocycles. The van der Waals surface area contributed by atoms with Gasteiger partial charge in [0.15, 0.2) is 0 Å². The van der Waals surface area contributed by atoms with Gasteiger partial charge in [0.1, 0.15) is 6.61 Å². The molecule has 0 N–H and O–H groups in total. The van der Waals surface area contributed by atoms with Crippen LogP contribution in [-0.4, -0.2) is 62.4 Å². The largest absolute Gasteiger partial charge is 0.376 e. The van der Waals surface area contributed by atoms with E-state index >= 15 is 0 Å². The SMILES string of the molecule is Cc1ccc(N2CCN(C(=O)COC[C@@H]3CCCO3)[C@@H](C)C2)cc1. The molecule has 2 fully saturated rings. The second kappa shape index (κ2) is 7.99. The lowest BCUT2D eigenvalue weighted by Crippen LogP contribution is -2.55. The summed E-state index contributed by atoms with van der Waals surface area (Å²) >= 11 is 0. The lowest BCUT2D eigenvalue weighted by atomic mass is 10.1. The molecule has 0 aliphatic carbocycles. The maximum Gasteiger partial charge on any atom is 0.248 e. The number of carbonyl (C=O) groups excluding carboxylic acids is 1. The quantitative estimate of drug-likeness (QED) is 0.829. The number of hydrogen-bond donors (Lipinski definition) is 0. The Morgan fingerprint density at radius 1 is 1.29 bits per heavy atom. The van der Waals surface area contributed by atoms with Gasteiger partial charge in [0, 0.05) is 38.0 Å². The zero-order chi connectivity index (χ0) is 16.9. The minimum absolute atomic E-state index is 0.0871. The van der Waals surface area contributed by atoms with Crippen LogP contribution in [0.25, 0.3) is 0 Å². The molecule has 0 saturated carbocycles. The van der Waals surface area contributed by atoms with Crippen molar-refractivity contribution in [2.75, 3.05) is 44.4 Å². The van der Waals surface area contributed by atoms with Crippen molar-refractivity contribution >= 4 is 11.6 Å². The Morgan fingerprint density at radius 2 is 2.08 bits per heavy atom. The van der Waals surface area contributed by atoms with E-state index in [9.17, 15) is 4.79 Å². The first-order valence-electron chi connectivity index (χ1n) is 8.94. The molecule has 2 saturated heterocycles. The first-order valence-corrected chi connectivity index (χ1v) is 8.94. The average molecular weight is 332 g/mol. The van der Waals surface area contributed by atoms with Gasteiger partial charge >= 0.3 is 0 Å². The molecular weight excluding hydrogens is 304 g/mol. The maximum atomic E-state index is 12.4. The van der Waals surface area contributed by atoms with E-state index in [1.165, 1.54) is 11.3 Å². The third kappa shape index (κ3) is 4.28. The van der Waals surface area contributed by atoms with E-state index in [-0.39, 0.29) is 24.7 Å². The van der Waals surface area contributed by atoms with Crippen molar-refractivity contribution < 1.29 is 14.3 Å². The van der Waals surface area contributed by atoms with Crippen molar-refractivity contribution in [2.45, 2.75) is 38.8 Å². The van der Waals surface area contributed by atoms with Gasteiger partial charge in [0.25, 0.3) is 0 Å². The highest BCUT2D eigenvalue weighted by Gasteiger charge is 2.27. The molecule has 5 heteroatoms. The lowest BCUT2D eigenvalue weighted by molar-refractivity contribution is -0.139. The van der Waals surface area contributed by atoms with Crippen molar-refractivity contribution in [1.82, 2.24) is 4.90 Å². The molecule has 5 nitrogen and oxygen atoms in total. The van der Waals surface area contributed by atoms with Crippen LogP contribution >= 0.6 is 0 Å². The van der Waals surface area contributed by atoms with E-state index in [1.54, 1.807) is 0 Å². The number of ether oxygens (including phenoxy) is 2. The molecule has 0 spiro atoms. The summed E-state index contributed by atoms with van der Waals surface area (Å²) in [6.07, 6.45) is 2.31. The van der Waals surface area contributed by atoms with Gasteiger partial charge in [-0.2, -0.15) is 0 Å². The van der Waals surface area contributed by atoms with Crippen LogP contribution < -0.4 is 4.90 Å². The highest BCUT2D eigenvalue weighted by atomic mass is 16.5. The Balaban J connectivity index is 1.46. The molecular formula is C19H28N2O3. The molecule has 2 aliphatic rings. The predicted octanol–water partition coefficient (Wildman–Crippen LogP) is 2.23. The van der Waals surface area contributed by atoms with E-state index in [0.29, 0.717) is 6.61 Å². The molecule has 132 valence electrons. The molecule has 24 heavy (non-hydrogen) atoms. The number of amides is 1. The van der Waals surface area contributed by atoms with Crippen LogP contribution in [0.3, 0.4) is 0 Å². The predicted molar refractivity (Wildman–Crippen MR) is 94.4 cm³/mol. The van der Waals surface area contributed by atoms with Crippen molar-refractivity contribution in [3.63, 3.8) is 0 Å². The highest BCUT2D eigenvalue weighted by molar-refractivity contribution is 5.78. The molecule has 1 amide bonds. The van der Waals surface area contributed by atoms with Crippen molar-refractivity contribution in [1.29, 1.82) is 0 Å². The summed E-state index contributed by atoms with van der Waals surface area (Å²) in [7, 11) is 0. The van der Waals surface area contributed by atoms with Gasteiger partial charge < -0.3 is 19.3 Å². The topological polar surface area (TPSA) is 42.0 Å². The summed E-state index contributed by atoms with van der Waals surface area (Å²) in [6.45, 7) is 8.19. The fraction of sp³-hybridized carbons (Fsp3) is 0.632. The van der Waals surface area contributed by atoms with Crippen molar-refractivity contribution in [3.05, 3.63) is 29.8 Å². The van der Waals surface area contributed by atoms with Gasteiger partial charge in [-0.1, -0.05) is 17.7 Å². The number of aryl methyl sites for hydroxylation is 1. The first kappa shape index (κ1) is 17.2. The van der Waals surface area contributed by atoms with Gasteiger partial charge in [-0.3, -0.25) is 4.79 Å². The average Bonchev–Trinajstić information content (AvgIpc) is 3.08. The number of piperazine rings is 1. The van der Waals surface area contributed by atoms with Crippen LogP contribution in [0.15, 0.2) is 24.3 Å². The molecule has 0 bridgehead atoms.